The van der Waals surface area contributed by atoms with Gasteiger partial charge in [0.2, 0.25) is 0 Å². The average Bonchev–Trinajstić information content (AvgIpc) is 2.56. The molecule has 2 nitrogen and oxygen atoms in total. The van der Waals surface area contributed by atoms with E-state index in [0.29, 0.717) is 5.92 Å². The first-order valence-corrected chi connectivity index (χ1v) is 5.82. The van der Waals surface area contributed by atoms with Crippen LogP contribution >= 0.6 is 0 Å². The lowest BCUT2D eigenvalue weighted by Crippen LogP contribution is -2.29. The Labute approximate surface area is 86.7 Å². The maximum absolute atomic E-state index is 11.2. The van der Waals surface area contributed by atoms with Crippen molar-refractivity contribution in [1.29, 1.82) is 0 Å². The van der Waals surface area contributed by atoms with E-state index in [1.807, 2.05) is 6.92 Å². The van der Waals surface area contributed by atoms with E-state index >= 15 is 0 Å². The van der Waals surface area contributed by atoms with Crippen molar-refractivity contribution >= 4 is 5.97 Å². The van der Waals surface area contributed by atoms with Gasteiger partial charge in [0.1, 0.15) is 0 Å². The van der Waals surface area contributed by atoms with Gasteiger partial charge in [0.25, 0.3) is 0 Å². The van der Waals surface area contributed by atoms with Crippen molar-refractivity contribution in [2.24, 2.45) is 11.3 Å². The van der Waals surface area contributed by atoms with Crippen LogP contribution < -0.4 is 0 Å². The molecule has 1 saturated carbocycles. The molecule has 2 heteroatoms. The van der Waals surface area contributed by atoms with E-state index in [-0.39, 0.29) is 0 Å². The summed E-state index contributed by atoms with van der Waals surface area (Å²) in [6, 6.07) is 0. The molecule has 1 unspecified atom stereocenters. The zero-order valence-corrected chi connectivity index (χ0v) is 9.38. The largest absolute Gasteiger partial charge is 0.481 e. The molecule has 1 fully saturated rings. The van der Waals surface area contributed by atoms with Gasteiger partial charge in [-0.15, -0.1) is 0 Å². The Kier molecular flexibility index (Phi) is 3.97. The average molecular weight is 198 g/mol. The summed E-state index contributed by atoms with van der Waals surface area (Å²) >= 11 is 0. The van der Waals surface area contributed by atoms with Crippen LogP contribution in [-0.2, 0) is 4.79 Å². The van der Waals surface area contributed by atoms with Crippen molar-refractivity contribution in [1.82, 2.24) is 0 Å². The standard InChI is InChI=1S/C12H22O2/c1-3-8-12(2,11(13)14)9-10-6-4-5-7-10/h10H,3-9H2,1-2H3,(H,13,14). The highest BCUT2D eigenvalue weighted by Crippen LogP contribution is 2.38. The number of hydrogen-bond donors (Lipinski definition) is 1. The molecule has 1 N–H and O–H groups in total. The Morgan fingerprint density at radius 2 is 2.00 bits per heavy atom. The third-order valence-electron chi connectivity index (χ3n) is 3.53. The number of aliphatic carboxylic acids is 1. The van der Waals surface area contributed by atoms with Crippen LogP contribution in [0.5, 0.6) is 0 Å². The van der Waals surface area contributed by atoms with Gasteiger partial charge >= 0.3 is 5.97 Å². The van der Waals surface area contributed by atoms with E-state index in [0.717, 1.165) is 19.3 Å². The number of carbonyl (C=O) groups is 1. The molecular formula is C12H22O2. The van der Waals surface area contributed by atoms with Gasteiger partial charge in [0, 0.05) is 0 Å². The molecule has 1 rings (SSSR count). The van der Waals surface area contributed by atoms with Crippen LogP contribution in [0.2, 0.25) is 0 Å². The van der Waals surface area contributed by atoms with Gasteiger partial charge in [0.15, 0.2) is 0 Å². The second-order valence-electron chi connectivity index (χ2n) is 4.97. The molecule has 0 bridgehead atoms. The normalized spacial score (nSPS) is 22.1. The predicted octanol–water partition coefficient (Wildman–Crippen LogP) is 3.46. The molecule has 0 aromatic carbocycles. The van der Waals surface area contributed by atoms with Crippen molar-refractivity contribution in [3.05, 3.63) is 0 Å². The van der Waals surface area contributed by atoms with E-state index in [1.165, 1.54) is 25.7 Å². The molecule has 1 aliphatic carbocycles. The first-order valence-electron chi connectivity index (χ1n) is 5.82. The highest BCUT2D eigenvalue weighted by atomic mass is 16.4. The van der Waals surface area contributed by atoms with Crippen LogP contribution in [0.4, 0.5) is 0 Å². The second kappa shape index (κ2) is 4.81. The molecule has 0 amide bonds. The summed E-state index contributed by atoms with van der Waals surface area (Å²) in [5.74, 6) is 0.0638. The minimum absolute atomic E-state index is 0.468. The molecular weight excluding hydrogens is 176 g/mol. The number of carboxylic acid groups (broad SMARTS) is 1. The molecule has 14 heavy (non-hydrogen) atoms. The Hall–Kier alpha value is -0.530. The SMILES string of the molecule is CCCC(C)(CC1CCCC1)C(=O)O. The summed E-state index contributed by atoms with van der Waals surface area (Å²) in [5, 5.41) is 9.22. The van der Waals surface area contributed by atoms with Gasteiger partial charge in [0.05, 0.1) is 5.41 Å². The number of carboxylic acids is 1. The van der Waals surface area contributed by atoms with Crippen LogP contribution in [-0.4, -0.2) is 11.1 Å². The van der Waals surface area contributed by atoms with Crippen molar-refractivity contribution in [3.63, 3.8) is 0 Å². The van der Waals surface area contributed by atoms with E-state index in [4.69, 9.17) is 0 Å². The zero-order valence-electron chi connectivity index (χ0n) is 9.38. The quantitative estimate of drug-likeness (QED) is 0.734. The van der Waals surface area contributed by atoms with Crippen LogP contribution in [0, 0.1) is 11.3 Å². The third kappa shape index (κ3) is 2.73. The predicted molar refractivity (Wildman–Crippen MR) is 57.2 cm³/mol. The second-order valence-corrected chi connectivity index (χ2v) is 4.97. The Morgan fingerprint density at radius 3 is 2.43 bits per heavy atom. The summed E-state index contributed by atoms with van der Waals surface area (Å²) in [7, 11) is 0. The van der Waals surface area contributed by atoms with E-state index < -0.39 is 11.4 Å². The summed E-state index contributed by atoms with van der Waals surface area (Å²) in [4.78, 5) is 11.2. The van der Waals surface area contributed by atoms with E-state index in [1.54, 1.807) is 0 Å². The third-order valence-corrected chi connectivity index (χ3v) is 3.53. The lowest BCUT2D eigenvalue weighted by Gasteiger charge is -2.27. The van der Waals surface area contributed by atoms with Gasteiger partial charge in [-0.1, -0.05) is 39.0 Å². The number of hydrogen-bond acceptors (Lipinski definition) is 1. The Bertz CT molecular complexity index is 194. The molecule has 0 aromatic rings. The molecule has 0 heterocycles. The summed E-state index contributed by atoms with van der Waals surface area (Å²) in [6.07, 6.45) is 7.75. The lowest BCUT2D eigenvalue weighted by molar-refractivity contribution is -0.149. The first kappa shape index (κ1) is 11.5. The van der Waals surface area contributed by atoms with Crippen LogP contribution in [0.25, 0.3) is 0 Å². The van der Waals surface area contributed by atoms with Gasteiger partial charge in [-0.3, -0.25) is 4.79 Å². The lowest BCUT2D eigenvalue weighted by atomic mass is 9.77. The molecule has 0 aromatic heterocycles. The zero-order chi connectivity index (χ0) is 10.6. The molecule has 0 spiro atoms. The van der Waals surface area contributed by atoms with Crippen LogP contribution in [0.3, 0.4) is 0 Å². The highest BCUT2D eigenvalue weighted by molar-refractivity contribution is 5.74. The fraction of sp³-hybridized carbons (Fsp3) is 0.917. The van der Waals surface area contributed by atoms with E-state index in [9.17, 15) is 9.90 Å². The molecule has 1 atom stereocenters. The van der Waals surface area contributed by atoms with Crippen LogP contribution in [0.15, 0.2) is 0 Å². The first-order chi connectivity index (χ1) is 6.58. The topological polar surface area (TPSA) is 37.3 Å². The van der Waals surface area contributed by atoms with Crippen molar-refractivity contribution in [2.45, 2.75) is 58.8 Å². The van der Waals surface area contributed by atoms with Crippen molar-refractivity contribution < 1.29 is 9.90 Å². The minimum atomic E-state index is -0.605. The molecule has 1 aliphatic rings. The maximum Gasteiger partial charge on any atom is 0.309 e. The monoisotopic (exact) mass is 198 g/mol. The molecule has 0 aliphatic heterocycles. The van der Waals surface area contributed by atoms with Crippen molar-refractivity contribution in [2.75, 3.05) is 0 Å². The van der Waals surface area contributed by atoms with Gasteiger partial charge in [-0.25, -0.2) is 0 Å². The summed E-state index contributed by atoms with van der Waals surface area (Å²) in [6.45, 7) is 3.98. The maximum atomic E-state index is 11.2. The van der Waals surface area contributed by atoms with Crippen molar-refractivity contribution in [3.8, 4) is 0 Å². The fourth-order valence-electron chi connectivity index (χ4n) is 2.70. The van der Waals surface area contributed by atoms with E-state index in [2.05, 4.69) is 6.92 Å². The van der Waals surface area contributed by atoms with Crippen LogP contribution in [0.1, 0.15) is 58.8 Å². The summed E-state index contributed by atoms with van der Waals surface area (Å²) < 4.78 is 0. The Morgan fingerprint density at radius 1 is 1.43 bits per heavy atom. The summed E-state index contributed by atoms with van der Waals surface area (Å²) in [5.41, 5.74) is -0.468. The van der Waals surface area contributed by atoms with Gasteiger partial charge < -0.3 is 5.11 Å². The fourth-order valence-corrected chi connectivity index (χ4v) is 2.70. The smallest absolute Gasteiger partial charge is 0.309 e. The molecule has 0 radical (unpaired) electrons. The molecule has 82 valence electrons. The molecule has 0 saturated heterocycles. The van der Waals surface area contributed by atoms with Gasteiger partial charge in [-0.2, -0.15) is 0 Å². The minimum Gasteiger partial charge on any atom is -0.481 e. The van der Waals surface area contributed by atoms with Gasteiger partial charge in [-0.05, 0) is 25.7 Å². The Balaban J connectivity index is 2.53. The number of rotatable bonds is 5. The highest BCUT2D eigenvalue weighted by Gasteiger charge is 2.35.